The van der Waals surface area contributed by atoms with Crippen LogP contribution in [0.3, 0.4) is 0 Å². The number of hydrogen-bond donors (Lipinski definition) is 1. The summed E-state index contributed by atoms with van der Waals surface area (Å²) in [5, 5.41) is 12.2. The molecule has 2 aromatic carbocycles. The molecule has 3 nitrogen and oxygen atoms in total. The van der Waals surface area contributed by atoms with Gasteiger partial charge in [-0.3, -0.25) is 4.90 Å². The summed E-state index contributed by atoms with van der Waals surface area (Å²) < 4.78 is 5.24. The van der Waals surface area contributed by atoms with E-state index < -0.39 is 5.60 Å². The summed E-state index contributed by atoms with van der Waals surface area (Å²) in [4.78, 5) is 2.13. The molecule has 0 aliphatic heterocycles. The molecule has 0 amide bonds. The first kappa shape index (κ1) is 14.8. The van der Waals surface area contributed by atoms with Gasteiger partial charge in [-0.05, 0) is 55.4 Å². The number of rotatable bonds is 5. The summed E-state index contributed by atoms with van der Waals surface area (Å²) in [6.07, 6.45) is 0. The van der Waals surface area contributed by atoms with E-state index in [1.165, 1.54) is 16.3 Å². The molecule has 20 heavy (non-hydrogen) atoms. The highest BCUT2D eigenvalue weighted by molar-refractivity contribution is 5.84. The Morgan fingerprint density at radius 1 is 1.10 bits per heavy atom. The molecule has 0 spiro atoms. The van der Waals surface area contributed by atoms with Gasteiger partial charge in [-0.25, -0.2) is 0 Å². The van der Waals surface area contributed by atoms with Crippen molar-refractivity contribution in [1.82, 2.24) is 4.90 Å². The second-order valence-electron chi connectivity index (χ2n) is 6.03. The van der Waals surface area contributed by atoms with E-state index in [0.29, 0.717) is 6.54 Å². The Morgan fingerprint density at radius 3 is 2.40 bits per heavy atom. The maximum atomic E-state index is 9.84. The van der Waals surface area contributed by atoms with E-state index in [-0.39, 0.29) is 0 Å². The van der Waals surface area contributed by atoms with Gasteiger partial charge in [0, 0.05) is 13.1 Å². The molecule has 0 saturated heterocycles. The third kappa shape index (κ3) is 3.95. The minimum Gasteiger partial charge on any atom is -0.497 e. The van der Waals surface area contributed by atoms with Crippen LogP contribution in [0.2, 0.25) is 0 Å². The number of likely N-dealkylation sites (N-methyl/N-ethyl adjacent to an activating group) is 1. The van der Waals surface area contributed by atoms with Crippen LogP contribution < -0.4 is 4.74 Å². The van der Waals surface area contributed by atoms with Gasteiger partial charge in [0.05, 0.1) is 12.7 Å². The van der Waals surface area contributed by atoms with Gasteiger partial charge in [-0.2, -0.15) is 0 Å². The molecule has 0 bridgehead atoms. The summed E-state index contributed by atoms with van der Waals surface area (Å²) in [6.45, 7) is 5.13. The van der Waals surface area contributed by atoms with E-state index in [4.69, 9.17) is 4.74 Å². The van der Waals surface area contributed by atoms with Crippen LogP contribution in [0.5, 0.6) is 5.75 Å². The lowest BCUT2D eigenvalue weighted by molar-refractivity contribution is 0.0425. The van der Waals surface area contributed by atoms with Crippen LogP contribution in [0.25, 0.3) is 10.8 Å². The van der Waals surface area contributed by atoms with Crippen molar-refractivity contribution in [2.75, 3.05) is 20.7 Å². The molecule has 0 saturated carbocycles. The summed E-state index contributed by atoms with van der Waals surface area (Å²) >= 11 is 0. The van der Waals surface area contributed by atoms with E-state index in [1.807, 2.05) is 33.0 Å². The average Bonchev–Trinajstić information content (AvgIpc) is 2.35. The van der Waals surface area contributed by atoms with Crippen molar-refractivity contribution in [2.45, 2.75) is 26.0 Å². The number of methoxy groups -OCH3 is 1. The minimum atomic E-state index is -0.668. The van der Waals surface area contributed by atoms with Crippen LogP contribution in [0.15, 0.2) is 36.4 Å². The molecule has 0 radical (unpaired) electrons. The van der Waals surface area contributed by atoms with Gasteiger partial charge < -0.3 is 9.84 Å². The van der Waals surface area contributed by atoms with Crippen LogP contribution in [-0.4, -0.2) is 36.3 Å². The number of benzene rings is 2. The van der Waals surface area contributed by atoms with Gasteiger partial charge in [0.2, 0.25) is 0 Å². The van der Waals surface area contributed by atoms with Gasteiger partial charge in [-0.15, -0.1) is 0 Å². The van der Waals surface area contributed by atoms with Crippen molar-refractivity contribution in [1.29, 1.82) is 0 Å². The standard InChI is InChI=1S/C17H23NO2/c1-17(2,19)12-18(3)11-13-5-6-15-10-16(20-4)8-7-14(15)9-13/h5-10,19H,11-12H2,1-4H3. The predicted octanol–water partition coefficient (Wildman–Crippen LogP) is 3.05. The molecular weight excluding hydrogens is 250 g/mol. The molecular formula is C17H23NO2. The van der Waals surface area contributed by atoms with Gasteiger partial charge >= 0.3 is 0 Å². The lowest BCUT2D eigenvalue weighted by Gasteiger charge is -2.25. The van der Waals surface area contributed by atoms with Crippen molar-refractivity contribution in [2.24, 2.45) is 0 Å². The van der Waals surface area contributed by atoms with E-state index >= 15 is 0 Å². The fourth-order valence-corrected chi connectivity index (χ4v) is 2.53. The van der Waals surface area contributed by atoms with Crippen LogP contribution in [0.4, 0.5) is 0 Å². The smallest absolute Gasteiger partial charge is 0.119 e. The Kier molecular flexibility index (Phi) is 4.31. The molecule has 0 unspecified atom stereocenters. The average molecular weight is 273 g/mol. The third-order valence-electron chi connectivity index (χ3n) is 3.22. The van der Waals surface area contributed by atoms with Crippen LogP contribution in [0.1, 0.15) is 19.4 Å². The van der Waals surface area contributed by atoms with Crippen LogP contribution in [0, 0.1) is 0 Å². The van der Waals surface area contributed by atoms with Gasteiger partial charge in [0.15, 0.2) is 0 Å². The second kappa shape index (κ2) is 5.81. The maximum absolute atomic E-state index is 9.84. The molecule has 0 heterocycles. The summed E-state index contributed by atoms with van der Waals surface area (Å²) in [5.41, 5.74) is 0.577. The SMILES string of the molecule is COc1ccc2cc(CN(C)CC(C)(C)O)ccc2c1. The first-order valence-electron chi connectivity index (χ1n) is 6.85. The minimum absolute atomic E-state index is 0.646. The number of hydrogen-bond acceptors (Lipinski definition) is 3. The molecule has 0 aliphatic carbocycles. The Labute approximate surface area is 120 Å². The fourth-order valence-electron chi connectivity index (χ4n) is 2.53. The predicted molar refractivity (Wildman–Crippen MR) is 83.1 cm³/mol. The third-order valence-corrected chi connectivity index (χ3v) is 3.22. The summed E-state index contributed by atoms with van der Waals surface area (Å²) in [7, 11) is 3.71. The van der Waals surface area contributed by atoms with E-state index in [2.05, 4.69) is 29.2 Å². The van der Waals surface area contributed by atoms with Crippen LogP contribution >= 0.6 is 0 Å². The van der Waals surface area contributed by atoms with Gasteiger partial charge in [0.1, 0.15) is 5.75 Å². The van der Waals surface area contributed by atoms with E-state index in [1.54, 1.807) is 7.11 Å². The molecule has 2 rings (SSSR count). The number of nitrogens with zero attached hydrogens (tertiary/aromatic N) is 1. The van der Waals surface area contributed by atoms with E-state index in [9.17, 15) is 5.11 Å². The molecule has 0 aliphatic rings. The van der Waals surface area contributed by atoms with Crippen molar-refractivity contribution >= 4 is 10.8 Å². The normalized spacial score (nSPS) is 12.1. The molecule has 3 heteroatoms. The zero-order chi connectivity index (χ0) is 14.8. The van der Waals surface area contributed by atoms with Crippen molar-refractivity contribution in [3.63, 3.8) is 0 Å². The zero-order valence-electron chi connectivity index (χ0n) is 12.7. The Hall–Kier alpha value is -1.58. The van der Waals surface area contributed by atoms with Crippen molar-refractivity contribution < 1.29 is 9.84 Å². The van der Waals surface area contributed by atoms with E-state index in [0.717, 1.165) is 12.3 Å². The van der Waals surface area contributed by atoms with Crippen molar-refractivity contribution in [3.05, 3.63) is 42.0 Å². The number of ether oxygens (including phenoxy) is 1. The maximum Gasteiger partial charge on any atom is 0.119 e. The largest absolute Gasteiger partial charge is 0.497 e. The van der Waals surface area contributed by atoms with Gasteiger partial charge in [-0.1, -0.05) is 18.2 Å². The lowest BCUT2D eigenvalue weighted by atomic mass is 10.1. The molecule has 1 N–H and O–H groups in total. The first-order chi connectivity index (χ1) is 9.37. The Morgan fingerprint density at radius 2 is 1.75 bits per heavy atom. The molecule has 0 aromatic heterocycles. The quantitative estimate of drug-likeness (QED) is 0.909. The highest BCUT2D eigenvalue weighted by atomic mass is 16.5. The fraction of sp³-hybridized carbons (Fsp3) is 0.412. The topological polar surface area (TPSA) is 32.7 Å². The van der Waals surface area contributed by atoms with Gasteiger partial charge in [0.25, 0.3) is 0 Å². The Bertz CT molecular complexity index is 587. The molecule has 108 valence electrons. The van der Waals surface area contributed by atoms with Crippen LogP contribution in [-0.2, 0) is 6.54 Å². The summed E-state index contributed by atoms with van der Waals surface area (Å²) in [5.74, 6) is 0.879. The molecule has 2 aromatic rings. The highest BCUT2D eigenvalue weighted by Crippen LogP contribution is 2.22. The number of aliphatic hydroxyl groups is 1. The first-order valence-corrected chi connectivity index (χ1v) is 6.85. The molecule has 0 atom stereocenters. The molecule has 0 fully saturated rings. The summed E-state index contributed by atoms with van der Waals surface area (Å²) in [6, 6.07) is 12.5. The zero-order valence-corrected chi connectivity index (χ0v) is 12.7. The Balaban J connectivity index is 2.16. The highest BCUT2D eigenvalue weighted by Gasteiger charge is 2.15. The monoisotopic (exact) mass is 273 g/mol. The lowest BCUT2D eigenvalue weighted by Crippen LogP contribution is -2.35. The second-order valence-corrected chi connectivity index (χ2v) is 6.03. The number of fused-ring (bicyclic) bond motifs is 1. The van der Waals surface area contributed by atoms with Crippen molar-refractivity contribution in [3.8, 4) is 5.75 Å².